The van der Waals surface area contributed by atoms with Crippen molar-refractivity contribution in [1.29, 1.82) is 0 Å². The van der Waals surface area contributed by atoms with Crippen molar-refractivity contribution in [3.63, 3.8) is 0 Å². The van der Waals surface area contributed by atoms with Gasteiger partial charge in [0.2, 0.25) is 5.88 Å². The van der Waals surface area contributed by atoms with E-state index in [9.17, 15) is 14.7 Å². The van der Waals surface area contributed by atoms with E-state index in [0.717, 1.165) is 44.6 Å². The number of anilines is 2. The van der Waals surface area contributed by atoms with Crippen LogP contribution in [-0.4, -0.2) is 49.2 Å². The van der Waals surface area contributed by atoms with Crippen LogP contribution in [0.2, 0.25) is 5.02 Å². The van der Waals surface area contributed by atoms with Crippen molar-refractivity contribution in [2.24, 2.45) is 5.73 Å². The fourth-order valence-electron chi connectivity index (χ4n) is 4.52. The number of aromatic nitrogens is 4. The van der Waals surface area contributed by atoms with Crippen molar-refractivity contribution in [2.45, 2.75) is 61.0 Å². The number of piperidine rings is 1. The lowest BCUT2D eigenvalue weighted by Crippen LogP contribution is -2.48. The van der Waals surface area contributed by atoms with Gasteiger partial charge < -0.3 is 21.1 Å². The largest absolute Gasteiger partial charge is 0.493 e. The lowest BCUT2D eigenvalue weighted by atomic mass is 9.91. The molecular formula is C25H28ClN7O3S. The van der Waals surface area contributed by atoms with E-state index in [1.807, 2.05) is 0 Å². The molecule has 1 fully saturated rings. The Morgan fingerprint density at radius 2 is 1.97 bits per heavy atom. The molecule has 12 heteroatoms. The van der Waals surface area contributed by atoms with Crippen LogP contribution in [0.5, 0.6) is 5.88 Å². The summed E-state index contributed by atoms with van der Waals surface area (Å²) in [4.78, 5) is 41.8. The number of nitrogens with zero attached hydrogens (tertiary/aromatic N) is 5. The zero-order chi connectivity index (χ0) is 26.2. The first-order chi connectivity index (χ1) is 17.7. The molecule has 1 aromatic carbocycles. The smallest absolute Gasteiger partial charge is 0.270 e. The van der Waals surface area contributed by atoms with Crippen molar-refractivity contribution in [1.82, 2.24) is 19.5 Å². The normalized spacial score (nSPS) is 16.8. The highest BCUT2D eigenvalue weighted by molar-refractivity contribution is 7.99. The SMILES string of the molecule is CC1(N)CCN(c2cnc(Sc3cccc(NC(=O)c4c(O)nc5n(c4=O)CCCC5)c3Cl)cn2)CC1. The van der Waals surface area contributed by atoms with Gasteiger partial charge in [-0.1, -0.05) is 29.4 Å². The maximum Gasteiger partial charge on any atom is 0.270 e. The number of nitrogens with two attached hydrogens (primary N) is 1. The van der Waals surface area contributed by atoms with Crippen LogP contribution in [0.4, 0.5) is 11.5 Å². The molecule has 2 aliphatic heterocycles. The minimum atomic E-state index is -0.765. The predicted molar refractivity (Wildman–Crippen MR) is 143 cm³/mol. The zero-order valence-corrected chi connectivity index (χ0v) is 22.0. The topological polar surface area (TPSA) is 139 Å². The average molecular weight is 542 g/mol. The Balaban J connectivity index is 1.31. The van der Waals surface area contributed by atoms with Gasteiger partial charge in [-0.3, -0.25) is 14.2 Å². The molecule has 0 spiro atoms. The summed E-state index contributed by atoms with van der Waals surface area (Å²) in [5.41, 5.74) is 5.44. The number of amides is 1. The summed E-state index contributed by atoms with van der Waals surface area (Å²) in [6.07, 6.45) is 7.51. The molecule has 0 saturated carbocycles. The molecular weight excluding hydrogens is 514 g/mol. The standard InChI is InChI=1S/C25H28ClN7O3S/c1-25(27)8-11-32(12-9-25)18-13-29-19(14-28-18)37-16-6-4-5-15(21(16)26)30-22(34)20-23(35)31-17-7-2-3-10-33(17)24(20)36/h4-6,13-14,35H,2-3,7-12,27H2,1H3,(H,30,34). The molecule has 37 heavy (non-hydrogen) atoms. The number of carbonyl (C=O) groups excluding carboxylic acids is 1. The minimum absolute atomic E-state index is 0.139. The second-order valence-corrected chi connectivity index (χ2v) is 11.1. The van der Waals surface area contributed by atoms with E-state index < -0.39 is 22.9 Å². The van der Waals surface area contributed by atoms with Gasteiger partial charge in [-0.2, -0.15) is 4.98 Å². The first-order valence-corrected chi connectivity index (χ1v) is 13.4. The van der Waals surface area contributed by atoms with Gasteiger partial charge in [-0.25, -0.2) is 9.97 Å². The lowest BCUT2D eigenvalue weighted by molar-refractivity contribution is 0.102. The molecule has 2 aliphatic rings. The Hall–Kier alpha value is -3.15. The average Bonchev–Trinajstić information content (AvgIpc) is 2.87. The van der Waals surface area contributed by atoms with E-state index in [1.165, 1.54) is 16.3 Å². The van der Waals surface area contributed by atoms with Gasteiger partial charge in [0.15, 0.2) is 5.56 Å². The van der Waals surface area contributed by atoms with Crippen LogP contribution in [0, 0.1) is 0 Å². The Morgan fingerprint density at radius 1 is 1.19 bits per heavy atom. The van der Waals surface area contributed by atoms with E-state index in [1.54, 1.807) is 30.6 Å². The Morgan fingerprint density at radius 3 is 2.70 bits per heavy atom. The monoisotopic (exact) mass is 541 g/mol. The molecule has 3 aromatic rings. The van der Waals surface area contributed by atoms with E-state index in [2.05, 4.69) is 32.1 Å². The third kappa shape index (κ3) is 5.43. The highest BCUT2D eigenvalue weighted by Gasteiger charge is 2.27. The van der Waals surface area contributed by atoms with Gasteiger partial charge in [0.1, 0.15) is 16.7 Å². The molecule has 10 nitrogen and oxygen atoms in total. The number of aryl methyl sites for hydroxylation is 1. The van der Waals surface area contributed by atoms with E-state index >= 15 is 0 Å². The van der Waals surface area contributed by atoms with E-state index in [0.29, 0.717) is 34.4 Å². The summed E-state index contributed by atoms with van der Waals surface area (Å²) in [6.45, 7) is 4.21. The number of benzene rings is 1. The molecule has 2 aromatic heterocycles. The van der Waals surface area contributed by atoms with Gasteiger partial charge in [0, 0.05) is 36.5 Å². The van der Waals surface area contributed by atoms with Gasteiger partial charge in [-0.15, -0.1) is 0 Å². The van der Waals surface area contributed by atoms with E-state index in [-0.39, 0.29) is 10.6 Å². The number of hydrogen-bond donors (Lipinski definition) is 3. The van der Waals surface area contributed by atoms with Gasteiger partial charge in [-0.05, 0) is 44.7 Å². The molecule has 0 aliphatic carbocycles. The molecule has 1 amide bonds. The first-order valence-electron chi connectivity index (χ1n) is 12.2. The molecule has 5 rings (SSSR count). The van der Waals surface area contributed by atoms with Crippen LogP contribution >= 0.6 is 23.4 Å². The second-order valence-electron chi connectivity index (χ2n) is 9.67. The molecule has 1 saturated heterocycles. The Kier molecular flexibility index (Phi) is 7.11. The first kappa shape index (κ1) is 25.5. The van der Waals surface area contributed by atoms with Crippen molar-refractivity contribution < 1.29 is 9.90 Å². The molecule has 4 heterocycles. The third-order valence-corrected chi connectivity index (χ3v) is 8.26. The van der Waals surface area contributed by atoms with E-state index in [4.69, 9.17) is 17.3 Å². The Labute approximate surface area is 223 Å². The highest BCUT2D eigenvalue weighted by Crippen LogP contribution is 2.37. The third-order valence-electron chi connectivity index (χ3n) is 6.76. The van der Waals surface area contributed by atoms with Crippen LogP contribution < -0.4 is 21.5 Å². The van der Waals surface area contributed by atoms with Gasteiger partial charge in [0.05, 0.1) is 23.1 Å². The van der Waals surface area contributed by atoms with Crippen LogP contribution in [-0.2, 0) is 13.0 Å². The zero-order valence-electron chi connectivity index (χ0n) is 20.4. The number of aromatic hydroxyl groups is 1. The van der Waals surface area contributed by atoms with Crippen LogP contribution in [0.25, 0.3) is 0 Å². The summed E-state index contributed by atoms with van der Waals surface area (Å²) in [5.74, 6) is -0.0413. The summed E-state index contributed by atoms with van der Waals surface area (Å²) in [5, 5.41) is 13.9. The summed E-state index contributed by atoms with van der Waals surface area (Å²) in [6, 6.07) is 5.17. The van der Waals surface area contributed by atoms with Crippen LogP contribution in [0.3, 0.4) is 0 Å². The van der Waals surface area contributed by atoms with Crippen LogP contribution in [0.1, 0.15) is 48.8 Å². The fourth-order valence-corrected chi connectivity index (χ4v) is 5.59. The molecule has 4 N–H and O–H groups in total. The molecule has 0 radical (unpaired) electrons. The van der Waals surface area contributed by atoms with Crippen molar-refractivity contribution in [2.75, 3.05) is 23.3 Å². The molecule has 0 bridgehead atoms. The maximum absolute atomic E-state index is 13.0. The number of halogens is 1. The summed E-state index contributed by atoms with van der Waals surface area (Å²) in [7, 11) is 0. The second kappa shape index (κ2) is 10.3. The summed E-state index contributed by atoms with van der Waals surface area (Å²) < 4.78 is 1.45. The predicted octanol–water partition coefficient (Wildman–Crippen LogP) is 3.45. The van der Waals surface area contributed by atoms with Gasteiger partial charge in [0.25, 0.3) is 11.5 Å². The minimum Gasteiger partial charge on any atom is -0.493 e. The van der Waals surface area contributed by atoms with Crippen molar-refractivity contribution in [3.05, 3.63) is 57.4 Å². The quantitative estimate of drug-likeness (QED) is 0.443. The molecule has 0 unspecified atom stereocenters. The number of nitrogens with one attached hydrogen (secondary N) is 1. The van der Waals surface area contributed by atoms with Gasteiger partial charge >= 0.3 is 0 Å². The number of hydrogen-bond acceptors (Lipinski definition) is 9. The summed E-state index contributed by atoms with van der Waals surface area (Å²) >= 11 is 7.91. The lowest BCUT2D eigenvalue weighted by Gasteiger charge is -2.37. The maximum atomic E-state index is 13.0. The van der Waals surface area contributed by atoms with Crippen LogP contribution in [0.15, 0.2) is 45.3 Å². The number of carbonyl (C=O) groups is 1. The molecule has 194 valence electrons. The van der Waals surface area contributed by atoms with Crippen molar-refractivity contribution >= 4 is 40.8 Å². The fraction of sp³-hybridized carbons (Fsp3) is 0.400. The Bertz CT molecular complexity index is 1380. The number of rotatable bonds is 5. The molecule has 0 atom stereocenters. The number of fused-ring (bicyclic) bond motifs is 1. The van der Waals surface area contributed by atoms with Crippen molar-refractivity contribution in [3.8, 4) is 5.88 Å². The highest BCUT2D eigenvalue weighted by atomic mass is 35.5.